The Bertz CT molecular complexity index is 984. The van der Waals surface area contributed by atoms with Crippen LogP contribution >= 0.6 is 0 Å². The van der Waals surface area contributed by atoms with Gasteiger partial charge in [0.15, 0.2) is 0 Å². The van der Waals surface area contributed by atoms with Crippen LogP contribution in [0.3, 0.4) is 0 Å². The van der Waals surface area contributed by atoms with Gasteiger partial charge in [-0.2, -0.15) is 5.26 Å². The van der Waals surface area contributed by atoms with Gasteiger partial charge in [0.1, 0.15) is 23.8 Å². The molecule has 4 nitrogen and oxygen atoms in total. The van der Waals surface area contributed by atoms with E-state index in [1.165, 1.54) is 12.1 Å². The van der Waals surface area contributed by atoms with Gasteiger partial charge in [-0.05, 0) is 43.9 Å². The summed E-state index contributed by atoms with van der Waals surface area (Å²) in [5.74, 6) is -0.499. The number of nitrogens with zero attached hydrogens (tertiary/aromatic N) is 3. The van der Waals surface area contributed by atoms with Gasteiger partial charge >= 0.3 is 0 Å². The first-order valence-corrected chi connectivity index (χ1v) is 7.99. The van der Waals surface area contributed by atoms with Crippen molar-refractivity contribution in [1.29, 1.82) is 5.26 Å². The average molecular weight is 321 g/mol. The Hall–Kier alpha value is -2.71. The minimum Gasteiger partial charge on any atom is -0.868 e. The lowest BCUT2D eigenvalue weighted by Gasteiger charge is -2.42. The van der Waals surface area contributed by atoms with Crippen molar-refractivity contribution >= 4 is 16.6 Å². The third kappa shape index (κ3) is 1.78. The number of nitriles is 1. The van der Waals surface area contributed by atoms with Crippen LogP contribution in [0.2, 0.25) is 0 Å². The highest BCUT2D eigenvalue weighted by Gasteiger charge is 2.44. The SMILES string of the molecule is CC(C)[N+]12C=CC([O-])=C1c1c(nc3ccc(F)cc3c1C#N)CC2. The Morgan fingerprint density at radius 3 is 2.88 bits per heavy atom. The molecule has 2 aromatic rings. The fraction of sp³-hybridized carbons (Fsp3) is 0.263. The van der Waals surface area contributed by atoms with Crippen LogP contribution in [0.4, 0.5) is 4.39 Å². The molecule has 0 radical (unpaired) electrons. The van der Waals surface area contributed by atoms with E-state index in [9.17, 15) is 14.8 Å². The summed E-state index contributed by atoms with van der Waals surface area (Å²) in [4.78, 5) is 4.62. The molecule has 5 heteroatoms. The number of pyridine rings is 1. The molecule has 0 amide bonds. The summed E-state index contributed by atoms with van der Waals surface area (Å²) in [6, 6.07) is 6.63. The Balaban J connectivity index is 2.12. The number of quaternary nitrogens is 1. The first kappa shape index (κ1) is 14.9. The maximum Gasteiger partial charge on any atom is 0.140 e. The first-order chi connectivity index (χ1) is 11.5. The third-order valence-corrected chi connectivity index (χ3v) is 5.15. The van der Waals surface area contributed by atoms with Crippen molar-refractivity contribution in [2.75, 3.05) is 6.54 Å². The van der Waals surface area contributed by atoms with E-state index in [0.717, 1.165) is 12.2 Å². The van der Waals surface area contributed by atoms with E-state index in [1.807, 2.05) is 6.20 Å². The summed E-state index contributed by atoms with van der Waals surface area (Å²) in [7, 11) is 0. The van der Waals surface area contributed by atoms with Gasteiger partial charge in [0, 0.05) is 11.8 Å². The van der Waals surface area contributed by atoms with E-state index < -0.39 is 5.82 Å². The second kappa shape index (κ2) is 4.89. The van der Waals surface area contributed by atoms with Gasteiger partial charge in [0.25, 0.3) is 0 Å². The summed E-state index contributed by atoms with van der Waals surface area (Å²) in [6.45, 7) is 4.87. The van der Waals surface area contributed by atoms with Crippen LogP contribution in [0.5, 0.6) is 0 Å². The number of aromatic nitrogens is 1. The molecule has 0 fully saturated rings. The smallest absolute Gasteiger partial charge is 0.140 e. The van der Waals surface area contributed by atoms with Crippen LogP contribution in [0, 0.1) is 17.1 Å². The van der Waals surface area contributed by atoms with Crippen molar-refractivity contribution < 1.29 is 14.0 Å². The Morgan fingerprint density at radius 1 is 1.38 bits per heavy atom. The third-order valence-electron chi connectivity index (χ3n) is 5.15. The lowest BCUT2D eigenvalue weighted by Crippen LogP contribution is -2.50. The predicted molar refractivity (Wildman–Crippen MR) is 86.4 cm³/mol. The predicted octanol–water partition coefficient (Wildman–Crippen LogP) is 2.58. The van der Waals surface area contributed by atoms with Crippen molar-refractivity contribution in [1.82, 2.24) is 4.98 Å². The summed E-state index contributed by atoms with van der Waals surface area (Å²) in [5.41, 5.74) is 2.90. The van der Waals surface area contributed by atoms with Crippen LogP contribution in [0.25, 0.3) is 16.6 Å². The van der Waals surface area contributed by atoms with Gasteiger partial charge in [-0.15, -0.1) is 0 Å². The summed E-state index contributed by atoms with van der Waals surface area (Å²) in [6.07, 6.45) is 4.18. The Morgan fingerprint density at radius 2 is 2.17 bits per heavy atom. The number of halogens is 1. The maximum absolute atomic E-state index is 13.7. The first-order valence-electron chi connectivity index (χ1n) is 7.99. The van der Waals surface area contributed by atoms with Crippen molar-refractivity contribution in [3.63, 3.8) is 0 Å². The molecule has 0 N–H and O–H groups in total. The van der Waals surface area contributed by atoms with E-state index >= 15 is 0 Å². The number of hydrogen-bond donors (Lipinski definition) is 0. The lowest BCUT2D eigenvalue weighted by molar-refractivity contribution is -0.830. The summed E-state index contributed by atoms with van der Waals surface area (Å²) in [5, 5.41) is 22.8. The molecule has 0 saturated carbocycles. The van der Waals surface area contributed by atoms with Gasteiger partial charge in [-0.3, -0.25) is 9.47 Å². The van der Waals surface area contributed by atoms with Crippen LogP contribution in [0.1, 0.15) is 30.7 Å². The normalized spacial score (nSPS) is 22.0. The largest absolute Gasteiger partial charge is 0.868 e. The highest BCUT2D eigenvalue weighted by Crippen LogP contribution is 2.45. The second-order valence-corrected chi connectivity index (χ2v) is 6.61. The molecule has 1 atom stereocenters. The minimum atomic E-state index is -0.415. The number of allylic oxidation sites excluding steroid dienone is 1. The quantitative estimate of drug-likeness (QED) is 0.759. The topological polar surface area (TPSA) is 59.7 Å². The molecule has 3 heterocycles. The zero-order valence-corrected chi connectivity index (χ0v) is 13.5. The molecule has 0 saturated heterocycles. The van der Waals surface area contributed by atoms with Crippen LogP contribution in [-0.2, 0) is 6.42 Å². The molecule has 24 heavy (non-hydrogen) atoms. The molecular formula is C19H16FN3O. The fourth-order valence-electron chi connectivity index (χ4n) is 3.89. The van der Waals surface area contributed by atoms with Crippen molar-refractivity contribution in [3.8, 4) is 6.07 Å². The van der Waals surface area contributed by atoms with Crippen molar-refractivity contribution in [2.24, 2.45) is 0 Å². The molecule has 1 unspecified atom stereocenters. The van der Waals surface area contributed by atoms with Crippen LogP contribution < -0.4 is 5.11 Å². The zero-order chi connectivity index (χ0) is 17.1. The zero-order valence-electron chi connectivity index (χ0n) is 13.5. The number of benzene rings is 1. The number of fused-ring (bicyclic) bond motifs is 4. The monoisotopic (exact) mass is 321 g/mol. The van der Waals surface area contributed by atoms with Crippen molar-refractivity contribution in [3.05, 3.63) is 58.9 Å². The molecule has 120 valence electrons. The van der Waals surface area contributed by atoms with E-state index in [1.54, 1.807) is 12.1 Å². The Kier molecular flexibility index (Phi) is 3.03. The van der Waals surface area contributed by atoms with Gasteiger partial charge in [-0.1, -0.05) is 0 Å². The van der Waals surface area contributed by atoms with E-state index in [4.69, 9.17) is 0 Å². The summed E-state index contributed by atoms with van der Waals surface area (Å²) >= 11 is 0. The average Bonchev–Trinajstić information content (AvgIpc) is 2.91. The molecule has 0 bridgehead atoms. The van der Waals surface area contributed by atoms with Crippen LogP contribution in [-0.4, -0.2) is 22.1 Å². The van der Waals surface area contributed by atoms with Gasteiger partial charge in [0.2, 0.25) is 0 Å². The molecular weight excluding hydrogens is 305 g/mol. The van der Waals surface area contributed by atoms with E-state index in [2.05, 4.69) is 24.9 Å². The lowest BCUT2D eigenvalue weighted by atomic mass is 9.91. The Labute approximate surface area is 139 Å². The maximum atomic E-state index is 13.7. The fourth-order valence-corrected chi connectivity index (χ4v) is 3.89. The highest BCUT2D eigenvalue weighted by molar-refractivity contribution is 5.91. The molecule has 2 aliphatic rings. The number of hydrogen-bond acceptors (Lipinski definition) is 3. The molecule has 0 spiro atoms. The highest BCUT2D eigenvalue weighted by atomic mass is 19.1. The minimum absolute atomic E-state index is 0.0845. The second-order valence-electron chi connectivity index (χ2n) is 6.61. The molecule has 4 rings (SSSR count). The van der Waals surface area contributed by atoms with Crippen molar-refractivity contribution in [2.45, 2.75) is 26.3 Å². The van der Waals surface area contributed by atoms with E-state index in [-0.39, 0.29) is 11.8 Å². The van der Waals surface area contributed by atoms with Gasteiger partial charge in [-0.25, -0.2) is 4.39 Å². The summed E-state index contributed by atoms with van der Waals surface area (Å²) < 4.78 is 14.1. The molecule has 1 aromatic carbocycles. The van der Waals surface area contributed by atoms with Gasteiger partial charge < -0.3 is 5.11 Å². The standard InChI is InChI=1S/C19H16FN3O/c1-11(2)23-7-5-16-18(19(23)17(24)6-8-23)14(10-21)13-9-12(20)3-4-15(13)22-16/h3-4,6,8-9,11H,5,7H2,1-2H3. The van der Waals surface area contributed by atoms with Gasteiger partial charge in [0.05, 0.1) is 34.9 Å². The number of rotatable bonds is 1. The molecule has 0 aliphatic carbocycles. The molecule has 1 aromatic heterocycles. The van der Waals surface area contributed by atoms with Crippen LogP contribution in [0.15, 0.2) is 36.2 Å². The van der Waals surface area contributed by atoms with E-state index in [0.29, 0.717) is 38.6 Å². The molecule has 2 aliphatic heterocycles.